The van der Waals surface area contributed by atoms with Crippen LogP contribution < -0.4 is 5.73 Å². The first-order valence-corrected chi connectivity index (χ1v) is 6.95. The number of aromatic nitrogens is 1. The molecule has 0 aliphatic carbocycles. The van der Waals surface area contributed by atoms with Gasteiger partial charge in [0, 0.05) is 23.7 Å². The number of hydrogen-bond donors (Lipinski definition) is 2. The fourth-order valence-corrected chi connectivity index (χ4v) is 2.47. The number of carbonyl (C=O) groups is 2. The molecule has 106 valence electrons. The van der Waals surface area contributed by atoms with Gasteiger partial charge in [-0.2, -0.15) is 0 Å². The summed E-state index contributed by atoms with van der Waals surface area (Å²) in [5.41, 5.74) is 8.89. The summed E-state index contributed by atoms with van der Waals surface area (Å²) in [5.74, 6) is -0.197. The number of nitrogens with two attached hydrogens (primary N) is 1. The summed E-state index contributed by atoms with van der Waals surface area (Å²) in [5, 5.41) is 1.03. The minimum atomic E-state index is -0.448. The second-order valence-electron chi connectivity index (χ2n) is 5.14. The summed E-state index contributed by atoms with van der Waals surface area (Å²) in [6.45, 7) is 3.88. The van der Waals surface area contributed by atoms with Crippen LogP contribution in [0.4, 0.5) is 0 Å². The number of primary amides is 1. The highest BCUT2D eigenvalue weighted by Gasteiger charge is 2.15. The first kappa shape index (κ1) is 14.3. The highest BCUT2D eigenvalue weighted by molar-refractivity contribution is 6.00. The monoisotopic (exact) mass is 272 g/mol. The van der Waals surface area contributed by atoms with Crippen LogP contribution in [0.25, 0.3) is 10.9 Å². The first-order valence-electron chi connectivity index (χ1n) is 6.95. The Morgan fingerprint density at radius 2 is 2.05 bits per heavy atom. The molecule has 20 heavy (non-hydrogen) atoms. The third-order valence-corrected chi connectivity index (χ3v) is 3.58. The SMILES string of the molecule is CCC(=O)CCCc1c(C(N)=O)[nH]c2ccc(C)cc12. The lowest BCUT2D eigenvalue weighted by molar-refractivity contribution is -0.118. The van der Waals surface area contributed by atoms with E-state index in [1.807, 2.05) is 26.0 Å². The van der Waals surface area contributed by atoms with Crippen LogP contribution in [0.2, 0.25) is 0 Å². The second kappa shape index (κ2) is 5.90. The van der Waals surface area contributed by atoms with E-state index in [9.17, 15) is 9.59 Å². The predicted molar refractivity (Wildman–Crippen MR) is 79.8 cm³/mol. The van der Waals surface area contributed by atoms with E-state index in [-0.39, 0.29) is 5.78 Å². The maximum absolute atomic E-state index is 11.6. The number of Topliss-reactive ketones (excluding diaryl/α,β-unsaturated/α-hetero) is 1. The molecule has 1 aromatic heterocycles. The Balaban J connectivity index is 2.33. The minimum Gasteiger partial charge on any atom is -0.364 e. The maximum Gasteiger partial charge on any atom is 0.265 e. The summed E-state index contributed by atoms with van der Waals surface area (Å²) >= 11 is 0. The van der Waals surface area contributed by atoms with Gasteiger partial charge in [-0.3, -0.25) is 9.59 Å². The van der Waals surface area contributed by atoms with Crippen LogP contribution in [0, 0.1) is 6.92 Å². The maximum atomic E-state index is 11.6. The van der Waals surface area contributed by atoms with Gasteiger partial charge in [0.1, 0.15) is 11.5 Å². The van der Waals surface area contributed by atoms with E-state index >= 15 is 0 Å². The lowest BCUT2D eigenvalue weighted by atomic mass is 10.0. The van der Waals surface area contributed by atoms with Gasteiger partial charge in [-0.15, -0.1) is 0 Å². The largest absolute Gasteiger partial charge is 0.364 e. The molecule has 3 N–H and O–H groups in total. The van der Waals surface area contributed by atoms with Gasteiger partial charge in [0.05, 0.1) is 0 Å². The van der Waals surface area contributed by atoms with Crippen LogP contribution in [-0.2, 0) is 11.2 Å². The van der Waals surface area contributed by atoms with Crippen molar-refractivity contribution in [3.8, 4) is 0 Å². The summed E-state index contributed by atoms with van der Waals surface area (Å²) in [6, 6.07) is 6.00. The number of fused-ring (bicyclic) bond motifs is 1. The minimum absolute atomic E-state index is 0.252. The highest BCUT2D eigenvalue weighted by atomic mass is 16.1. The number of nitrogens with one attached hydrogen (secondary N) is 1. The number of amides is 1. The Hall–Kier alpha value is -2.10. The van der Waals surface area contributed by atoms with Crippen LogP contribution in [-0.4, -0.2) is 16.7 Å². The Kier molecular flexibility index (Phi) is 4.23. The van der Waals surface area contributed by atoms with Crippen LogP contribution in [0.1, 0.15) is 47.8 Å². The van der Waals surface area contributed by atoms with Gasteiger partial charge in [-0.25, -0.2) is 0 Å². The Labute approximate surface area is 118 Å². The normalized spacial score (nSPS) is 10.9. The standard InChI is InChI=1S/C16H20N2O2/c1-3-11(19)5-4-6-12-13-9-10(2)7-8-14(13)18-15(12)16(17)20/h7-9,18H,3-6H2,1-2H3,(H2,17,20). The average Bonchev–Trinajstić information content (AvgIpc) is 2.77. The van der Waals surface area contributed by atoms with Crippen molar-refractivity contribution in [2.45, 2.75) is 39.5 Å². The quantitative estimate of drug-likeness (QED) is 0.848. The molecule has 2 rings (SSSR count). The average molecular weight is 272 g/mol. The number of carbonyl (C=O) groups excluding carboxylic acids is 2. The van der Waals surface area contributed by atoms with Gasteiger partial charge in [0.15, 0.2) is 0 Å². The summed E-state index contributed by atoms with van der Waals surface area (Å²) in [7, 11) is 0. The zero-order valence-electron chi connectivity index (χ0n) is 12.0. The van der Waals surface area contributed by atoms with E-state index in [1.165, 1.54) is 0 Å². The summed E-state index contributed by atoms with van der Waals surface area (Å²) in [6.07, 6.45) is 2.55. The molecule has 0 atom stereocenters. The van der Waals surface area contributed by atoms with Crippen molar-refractivity contribution < 1.29 is 9.59 Å². The number of aromatic amines is 1. The smallest absolute Gasteiger partial charge is 0.265 e. The van der Waals surface area contributed by atoms with Crippen LogP contribution in [0.5, 0.6) is 0 Å². The van der Waals surface area contributed by atoms with Crippen LogP contribution in [0.3, 0.4) is 0 Å². The van der Waals surface area contributed by atoms with Crippen molar-refractivity contribution in [2.75, 3.05) is 0 Å². The summed E-state index contributed by atoms with van der Waals surface area (Å²) < 4.78 is 0. The fraction of sp³-hybridized carbons (Fsp3) is 0.375. The molecule has 0 aliphatic rings. The van der Waals surface area contributed by atoms with Gasteiger partial charge in [-0.05, 0) is 37.5 Å². The number of aryl methyl sites for hydroxylation is 2. The Bertz CT molecular complexity index is 656. The number of ketones is 1. The van der Waals surface area contributed by atoms with Crippen molar-refractivity contribution in [1.82, 2.24) is 4.98 Å². The molecule has 0 bridgehead atoms. The van der Waals surface area contributed by atoms with E-state index < -0.39 is 5.91 Å². The Morgan fingerprint density at radius 1 is 1.30 bits per heavy atom. The molecule has 4 nitrogen and oxygen atoms in total. The molecule has 0 fully saturated rings. The van der Waals surface area contributed by atoms with Gasteiger partial charge in [-0.1, -0.05) is 18.6 Å². The predicted octanol–water partition coefficient (Wildman–Crippen LogP) is 2.88. The molecule has 0 unspecified atom stereocenters. The molecular formula is C16H20N2O2. The zero-order valence-corrected chi connectivity index (χ0v) is 12.0. The molecule has 0 saturated carbocycles. The molecule has 4 heteroatoms. The van der Waals surface area contributed by atoms with Crippen LogP contribution >= 0.6 is 0 Å². The number of benzene rings is 1. The molecule has 0 spiro atoms. The third kappa shape index (κ3) is 2.90. The van der Waals surface area contributed by atoms with E-state index in [2.05, 4.69) is 11.1 Å². The summed E-state index contributed by atoms with van der Waals surface area (Å²) in [4.78, 5) is 26.0. The van der Waals surface area contributed by atoms with Crippen molar-refractivity contribution in [3.05, 3.63) is 35.0 Å². The fourth-order valence-electron chi connectivity index (χ4n) is 2.47. The second-order valence-corrected chi connectivity index (χ2v) is 5.14. The first-order chi connectivity index (χ1) is 9.52. The molecule has 0 radical (unpaired) electrons. The number of hydrogen-bond acceptors (Lipinski definition) is 2. The van der Waals surface area contributed by atoms with Gasteiger partial charge in [0.2, 0.25) is 0 Å². The van der Waals surface area contributed by atoms with Gasteiger partial charge in [0.25, 0.3) is 5.91 Å². The van der Waals surface area contributed by atoms with E-state index in [4.69, 9.17) is 5.73 Å². The lowest BCUT2D eigenvalue weighted by Gasteiger charge is -2.02. The number of rotatable bonds is 6. The lowest BCUT2D eigenvalue weighted by Crippen LogP contribution is -2.13. The van der Waals surface area contributed by atoms with E-state index in [0.29, 0.717) is 25.0 Å². The molecular weight excluding hydrogens is 252 g/mol. The number of H-pyrrole nitrogens is 1. The molecule has 1 amide bonds. The van der Waals surface area contributed by atoms with Crippen molar-refractivity contribution in [3.63, 3.8) is 0 Å². The Morgan fingerprint density at radius 3 is 2.70 bits per heavy atom. The van der Waals surface area contributed by atoms with E-state index in [0.717, 1.165) is 28.5 Å². The third-order valence-electron chi connectivity index (χ3n) is 3.58. The molecule has 2 aromatic rings. The molecule has 1 aromatic carbocycles. The van der Waals surface area contributed by atoms with Crippen molar-refractivity contribution in [2.24, 2.45) is 5.73 Å². The molecule has 0 aliphatic heterocycles. The van der Waals surface area contributed by atoms with Crippen LogP contribution in [0.15, 0.2) is 18.2 Å². The topological polar surface area (TPSA) is 76.0 Å². The van der Waals surface area contributed by atoms with Crippen molar-refractivity contribution >= 4 is 22.6 Å². The van der Waals surface area contributed by atoms with Gasteiger partial charge >= 0.3 is 0 Å². The van der Waals surface area contributed by atoms with Crippen molar-refractivity contribution in [1.29, 1.82) is 0 Å². The molecule has 1 heterocycles. The zero-order chi connectivity index (χ0) is 14.7. The highest BCUT2D eigenvalue weighted by Crippen LogP contribution is 2.25. The van der Waals surface area contributed by atoms with Gasteiger partial charge < -0.3 is 10.7 Å². The molecule has 0 saturated heterocycles. The van der Waals surface area contributed by atoms with E-state index in [1.54, 1.807) is 0 Å².